The van der Waals surface area contributed by atoms with Crippen molar-refractivity contribution < 1.29 is 9.53 Å². The molecule has 3 aromatic rings. The van der Waals surface area contributed by atoms with Crippen molar-refractivity contribution in [1.29, 1.82) is 0 Å². The molecular formula is C19H20N4O2S2. The summed E-state index contributed by atoms with van der Waals surface area (Å²) < 4.78 is 4.92. The van der Waals surface area contributed by atoms with Crippen LogP contribution >= 0.6 is 22.7 Å². The maximum atomic E-state index is 11.6. The van der Waals surface area contributed by atoms with Gasteiger partial charge in [0.15, 0.2) is 5.13 Å². The average molecular weight is 401 g/mol. The highest BCUT2D eigenvalue weighted by Gasteiger charge is 2.22. The fourth-order valence-electron chi connectivity index (χ4n) is 3.01. The van der Waals surface area contributed by atoms with Gasteiger partial charge in [0, 0.05) is 41.9 Å². The molecule has 140 valence electrons. The number of nitrogens with zero attached hydrogens (tertiary/aromatic N) is 3. The lowest BCUT2D eigenvalue weighted by Gasteiger charge is -2.24. The van der Waals surface area contributed by atoms with Crippen LogP contribution in [0.1, 0.15) is 23.2 Å². The first-order chi connectivity index (χ1) is 13.2. The van der Waals surface area contributed by atoms with E-state index in [9.17, 15) is 4.79 Å². The summed E-state index contributed by atoms with van der Waals surface area (Å²) in [6, 6.07) is 10.3. The number of anilines is 1. The van der Waals surface area contributed by atoms with Gasteiger partial charge < -0.3 is 4.74 Å². The standard InChI is InChI=1S/C19H20N4O2S2/c1-2-25-19(24)22-18-21-15-8-9-23(11-16(15)27-18)10-14-12-26-17(20-14)13-6-4-3-5-7-13/h3-7,12H,2,8-11H2,1H3,(H,21,22,24). The lowest BCUT2D eigenvalue weighted by Crippen LogP contribution is -2.29. The molecule has 1 N–H and O–H groups in total. The highest BCUT2D eigenvalue weighted by molar-refractivity contribution is 7.15. The molecule has 2 aromatic heterocycles. The van der Waals surface area contributed by atoms with E-state index >= 15 is 0 Å². The summed E-state index contributed by atoms with van der Waals surface area (Å²) in [5, 5.41) is 6.51. The Hall–Kier alpha value is -2.29. The van der Waals surface area contributed by atoms with Crippen LogP contribution in [0.15, 0.2) is 35.7 Å². The summed E-state index contributed by atoms with van der Waals surface area (Å²) in [7, 11) is 0. The third-order valence-electron chi connectivity index (χ3n) is 4.25. The topological polar surface area (TPSA) is 67.3 Å². The van der Waals surface area contributed by atoms with Crippen molar-refractivity contribution in [3.05, 3.63) is 52.0 Å². The molecule has 0 spiro atoms. The monoisotopic (exact) mass is 400 g/mol. The number of carbonyl (C=O) groups is 1. The molecule has 1 aliphatic heterocycles. The van der Waals surface area contributed by atoms with Crippen LogP contribution in [0.5, 0.6) is 0 Å². The molecule has 1 aromatic carbocycles. The van der Waals surface area contributed by atoms with Crippen LogP contribution in [0.4, 0.5) is 9.93 Å². The molecule has 0 aliphatic carbocycles. The first-order valence-electron chi connectivity index (χ1n) is 8.86. The molecule has 4 rings (SSSR count). The van der Waals surface area contributed by atoms with Gasteiger partial charge in [-0.25, -0.2) is 14.8 Å². The second-order valence-electron chi connectivity index (χ2n) is 6.21. The van der Waals surface area contributed by atoms with Crippen molar-refractivity contribution in [2.75, 3.05) is 18.5 Å². The maximum Gasteiger partial charge on any atom is 0.413 e. The predicted molar refractivity (Wildman–Crippen MR) is 108 cm³/mol. The van der Waals surface area contributed by atoms with Gasteiger partial charge in [-0.05, 0) is 6.92 Å². The fraction of sp³-hybridized carbons (Fsp3) is 0.316. The number of amides is 1. The Labute approximate surface area is 165 Å². The zero-order chi connectivity index (χ0) is 18.6. The number of nitrogens with one attached hydrogen (secondary N) is 1. The fourth-order valence-corrected chi connectivity index (χ4v) is 4.87. The van der Waals surface area contributed by atoms with Crippen molar-refractivity contribution in [1.82, 2.24) is 14.9 Å². The number of ether oxygens (including phenoxy) is 1. The van der Waals surface area contributed by atoms with Gasteiger partial charge in [-0.3, -0.25) is 10.2 Å². The molecule has 0 saturated carbocycles. The van der Waals surface area contributed by atoms with Crippen molar-refractivity contribution in [3.8, 4) is 10.6 Å². The zero-order valence-corrected chi connectivity index (χ0v) is 16.6. The van der Waals surface area contributed by atoms with Crippen molar-refractivity contribution in [2.24, 2.45) is 0 Å². The van der Waals surface area contributed by atoms with Crippen LogP contribution in [0.3, 0.4) is 0 Å². The minimum atomic E-state index is -0.448. The number of benzene rings is 1. The van der Waals surface area contributed by atoms with Crippen LogP contribution in [-0.2, 0) is 24.2 Å². The smallest absolute Gasteiger partial charge is 0.413 e. The molecule has 0 bridgehead atoms. The minimum Gasteiger partial charge on any atom is -0.450 e. The van der Waals surface area contributed by atoms with Gasteiger partial charge >= 0.3 is 6.09 Å². The molecule has 6 nitrogen and oxygen atoms in total. The zero-order valence-electron chi connectivity index (χ0n) is 15.0. The maximum absolute atomic E-state index is 11.6. The molecule has 0 atom stereocenters. The lowest BCUT2D eigenvalue weighted by atomic mass is 10.2. The molecule has 1 amide bonds. The molecule has 27 heavy (non-hydrogen) atoms. The number of rotatable bonds is 5. The Morgan fingerprint density at radius 1 is 1.30 bits per heavy atom. The number of fused-ring (bicyclic) bond motifs is 1. The Bertz CT molecular complexity index is 923. The SMILES string of the molecule is CCOC(=O)Nc1nc2c(s1)CN(Cc1csc(-c3ccccc3)n1)CC2. The number of carbonyl (C=O) groups excluding carboxylic acids is 1. The Balaban J connectivity index is 1.39. The average Bonchev–Trinajstić information content (AvgIpc) is 3.29. The Kier molecular flexibility index (Phi) is 5.47. The van der Waals surface area contributed by atoms with Crippen molar-refractivity contribution in [2.45, 2.75) is 26.4 Å². The quantitative estimate of drug-likeness (QED) is 0.688. The third-order valence-corrected chi connectivity index (χ3v) is 6.19. The number of aromatic nitrogens is 2. The summed E-state index contributed by atoms with van der Waals surface area (Å²) in [4.78, 5) is 24.5. The summed E-state index contributed by atoms with van der Waals surface area (Å²) >= 11 is 3.21. The predicted octanol–water partition coefficient (Wildman–Crippen LogP) is 4.39. The van der Waals surface area contributed by atoms with E-state index in [4.69, 9.17) is 9.72 Å². The summed E-state index contributed by atoms with van der Waals surface area (Å²) in [5.41, 5.74) is 3.33. The highest BCUT2D eigenvalue weighted by atomic mass is 32.1. The van der Waals surface area contributed by atoms with Gasteiger partial charge in [0.1, 0.15) is 5.01 Å². The van der Waals surface area contributed by atoms with Crippen LogP contribution in [0, 0.1) is 0 Å². The summed E-state index contributed by atoms with van der Waals surface area (Å²) in [5.74, 6) is 0. The largest absolute Gasteiger partial charge is 0.450 e. The van der Waals surface area contributed by atoms with E-state index in [1.165, 1.54) is 16.2 Å². The van der Waals surface area contributed by atoms with Gasteiger partial charge in [-0.15, -0.1) is 11.3 Å². The van der Waals surface area contributed by atoms with Gasteiger partial charge in [0.05, 0.1) is 18.0 Å². The molecule has 0 radical (unpaired) electrons. The normalized spacial score (nSPS) is 14.0. The van der Waals surface area contributed by atoms with E-state index in [1.54, 1.807) is 18.3 Å². The van der Waals surface area contributed by atoms with E-state index in [1.807, 2.05) is 18.2 Å². The molecule has 0 unspecified atom stereocenters. The number of hydrogen-bond acceptors (Lipinski definition) is 7. The van der Waals surface area contributed by atoms with Gasteiger partial charge in [-0.1, -0.05) is 41.7 Å². The molecular weight excluding hydrogens is 380 g/mol. The molecule has 8 heteroatoms. The van der Waals surface area contributed by atoms with Gasteiger partial charge in [-0.2, -0.15) is 0 Å². The second kappa shape index (κ2) is 8.16. The molecule has 3 heterocycles. The highest BCUT2D eigenvalue weighted by Crippen LogP contribution is 2.30. The van der Waals surface area contributed by atoms with E-state index in [0.29, 0.717) is 11.7 Å². The van der Waals surface area contributed by atoms with E-state index in [2.05, 4.69) is 32.7 Å². The molecule has 0 fully saturated rings. The van der Waals surface area contributed by atoms with Gasteiger partial charge in [0.2, 0.25) is 0 Å². The minimum absolute atomic E-state index is 0.351. The van der Waals surface area contributed by atoms with Gasteiger partial charge in [0.25, 0.3) is 0 Å². The first-order valence-corrected chi connectivity index (χ1v) is 10.6. The van der Waals surface area contributed by atoms with E-state index < -0.39 is 6.09 Å². The number of thiazole rings is 2. The molecule has 1 aliphatic rings. The first kappa shape index (κ1) is 18.1. The third kappa shape index (κ3) is 4.35. The van der Waals surface area contributed by atoms with E-state index in [-0.39, 0.29) is 0 Å². The van der Waals surface area contributed by atoms with Crippen molar-refractivity contribution in [3.63, 3.8) is 0 Å². The number of hydrogen-bond donors (Lipinski definition) is 1. The van der Waals surface area contributed by atoms with Crippen LogP contribution in [-0.4, -0.2) is 34.1 Å². The summed E-state index contributed by atoms with van der Waals surface area (Å²) in [6.45, 7) is 4.72. The van der Waals surface area contributed by atoms with Crippen LogP contribution in [0.2, 0.25) is 0 Å². The van der Waals surface area contributed by atoms with Crippen molar-refractivity contribution >= 4 is 33.9 Å². The van der Waals surface area contributed by atoms with Crippen LogP contribution in [0.25, 0.3) is 10.6 Å². The molecule has 0 saturated heterocycles. The Morgan fingerprint density at radius 3 is 2.96 bits per heavy atom. The lowest BCUT2D eigenvalue weighted by molar-refractivity contribution is 0.168. The second-order valence-corrected chi connectivity index (χ2v) is 8.15. The van der Waals surface area contributed by atoms with Crippen LogP contribution < -0.4 is 5.32 Å². The van der Waals surface area contributed by atoms with E-state index in [0.717, 1.165) is 48.0 Å². The Morgan fingerprint density at radius 2 is 2.15 bits per heavy atom. The summed E-state index contributed by atoms with van der Waals surface area (Å²) in [6.07, 6.45) is 0.433.